The van der Waals surface area contributed by atoms with E-state index < -0.39 is 21.7 Å². The Labute approximate surface area is 127 Å². The van der Waals surface area contributed by atoms with Crippen LogP contribution in [0, 0.1) is 18.6 Å². The van der Waals surface area contributed by atoms with Crippen molar-refractivity contribution in [3.05, 3.63) is 59.2 Å². The van der Waals surface area contributed by atoms with Crippen LogP contribution in [-0.2, 0) is 16.6 Å². The zero-order valence-corrected chi connectivity index (χ0v) is 12.9. The highest BCUT2D eigenvalue weighted by Gasteiger charge is 2.17. The molecule has 0 aromatic heterocycles. The molecular formula is C15H15F2NO3S. The SMILES string of the molecule is COc1ccc(S(=O)(=O)NCc2ccc(F)cc2F)c(C)c1. The second-order valence-electron chi connectivity index (χ2n) is 4.69. The van der Waals surface area contributed by atoms with E-state index >= 15 is 0 Å². The Balaban J connectivity index is 2.21. The van der Waals surface area contributed by atoms with E-state index in [4.69, 9.17) is 4.74 Å². The Hall–Kier alpha value is -1.99. The molecule has 0 amide bonds. The van der Waals surface area contributed by atoms with Crippen molar-refractivity contribution in [2.75, 3.05) is 7.11 Å². The van der Waals surface area contributed by atoms with Crippen LogP contribution in [0.5, 0.6) is 5.75 Å². The molecule has 0 spiro atoms. The lowest BCUT2D eigenvalue weighted by atomic mass is 10.2. The quantitative estimate of drug-likeness (QED) is 0.919. The molecule has 0 radical (unpaired) electrons. The van der Waals surface area contributed by atoms with Gasteiger partial charge in [0.2, 0.25) is 10.0 Å². The number of methoxy groups -OCH3 is 1. The Bertz CT molecular complexity index is 791. The molecule has 0 saturated heterocycles. The largest absolute Gasteiger partial charge is 0.497 e. The number of aryl methyl sites for hydroxylation is 1. The zero-order chi connectivity index (χ0) is 16.3. The maximum atomic E-state index is 13.5. The molecular weight excluding hydrogens is 312 g/mol. The molecule has 2 rings (SSSR count). The van der Waals surface area contributed by atoms with E-state index in [1.807, 2.05) is 0 Å². The fourth-order valence-corrected chi connectivity index (χ4v) is 3.20. The summed E-state index contributed by atoms with van der Waals surface area (Å²) in [6, 6.07) is 7.52. The van der Waals surface area contributed by atoms with Gasteiger partial charge in [-0.3, -0.25) is 0 Å². The molecule has 0 aliphatic heterocycles. The summed E-state index contributed by atoms with van der Waals surface area (Å²) in [6.45, 7) is 1.37. The summed E-state index contributed by atoms with van der Waals surface area (Å²) < 4.78 is 58.2. The van der Waals surface area contributed by atoms with Gasteiger partial charge in [-0.2, -0.15) is 0 Å². The van der Waals surface area contributed by atoms with Crippen LogP contribution in [0.2, 0.25) is 0 Å². The summed E-state index contributed by atoms with van der Waals surface area (Å²) >= 11 is 0. The number of sulfonamides is 1. The number of benzene rings is 2. The molecule has 7 heteroatoms. The molecule has 118 valence electrons. The molecule has 0 heterocycles. The molecule has 0 unspecified atom stereocenters. The third-order valence-electron chi connectivity index (χ3n) is 3.14. The van der Waals surface area contributed by atoms with E-state index in [0.717, 1.165) is 6.07 Å². The molecule has 0 aliphatic carbocycles. The number of ether oxygens (including phenoxy) is 1. The van der Waals surface area contributed by atoms with E-state index in [0.29, 0.717) is 17.4 Å². The summed E-state index contributed by atoms with van der Waals surface area (Å²) in [4.78, 5) is 0.0795. The van der Waals surface area contributed by atoms with Gasteiger partial charge in [0.25, 0.3) is 0 Å². The minimum absolute atomic E-state index is 0.0659. The van der Waals surface area contributed by atoms with E-state index in [9.17, 15) is 17.2 Å². The van der Waals surface area contributed by atoms with Crippen LogP contribution >= 0.6 is 0 Å². The molecule has 2 aromatic rings. The van der Waals surface area contributed by atoms with Crippen LogP contribution in [0.25, 0.3) is 0 Å². The number of rotatable bonds is 5. The number of nitrogens with one attached hydrogen (secondary N) is 1. The van der Waals surface area contributed by atoms with Crippen molar-refractivity contribution < 1.29 is 21.9 Å². The lowest BCUT2D eigenvalue weighted by Crippen LogP contribution is -2.24. The van der Waals surface area contributed by atoms with Crippen molar-refractivity contribution in [1.82, 2.24) is 4.72 Å². The minimum atomic E-state index is -3.81. The van der Waals surface area contributed by atoms with Crippen molar-refractivity contribution in [3.63, 3.8) is 0 Å². The topological polar surface area (TPSA) is 55.4 Å². The Kier molecular flexibility index (Phi) is 4.77. The summed E-state index contributed by atoms with van der Waals surface area (Å²) in [6.07, 6.45) is 0. The van der Waals surface area contributed by atoms with Gasteiger partial charge in [-0.1, -0.05) is 6.07 Å². The van der Waals surface area contributed by atoms with Crippen molar-refractivity contribution in [2.24, 2.45) is 0 Å². The van der Waals surface area contributed by atoms with Crippen molar-refractivity contribution in [1.29, 1.82) is 0 Å². The van der Waals surface area contributed by atoms with Crippen molar-refractivity contribution >= 4 is 10.0 Å². The predicted molar refractivity (Wildman–Crippen MR) is 78.1 cm³/mol. The van der Waals surface area contributed by atoms with E-state index in [-0.39, 0.29) is 17.0 Å². The second-order valence-corrected chi connectivity index (χ2v) is 6.43. The summed E-state index contributed by atoms with van der Waals surface area (Å²) in [5.41, 5.74) is 0.572. The van der Waals surface area contributed by atoms with E-state index in [2.05, 4.69) is 4.72 Å². The number of hydrogen-bond donors (Lipinski definition) is 1. The third-order valence-corrected chi connectivity index (χ3v) is 4.70. The average Bonchev–Trinajstić information content (AvgIpc) is 2.45. The third kappa shape index (κ3) is 3.61. The standard InChI is InChI=1S/C15H15F2NO3S/c1-10-7-13(21-2)5-6-15(10)22(19,20)18-9-11-3-4-12(16)8-14(11)17/h3-8,18H,9H2,1-2H3. The molecule has 0 atom stereocenters. The molecule has 0 fully saturated rings. The van der Waals surface area contributed by atoms with Gasteiger partial charge < -0.3 is 4.74 Å². The maximum Gasteiger partial charge on any atom is 0.241 e. The van der Waals surface area contributed by atoms with Crippen molar-refractivity contribution in [3.8, 4) is 5.75 Å². The van der Waals surface area contributed by atoms with Crippen LogP contribution < -0.4 is 9.46 Å². The average molecular weight is 327 g/mol. The monoisotopic (exact) mass is 327 g/mol. The molecule has 2 aromatic carbocycles. The van der Waals surface area contributed by atoms with Gasteiger partial charge in [-0.15, -0.1) is 0 Å². The van der Waals surface area contributed by atoms with Gasteiger partial charge >= 0.3 is 0 Å². The molecule has 22 heavy (non-hydrogen) atoms. The zero-order valence-electron chi connectivity index (χ0n) is 12.1. The molecule has 4 nitrogen and oxygen atoms in total. The predicted octanol–water partition coefficient (Wildman–Crippen LogP) is 2.76. The van der Waals surface area contributed by atoms with E-state index in [1.165, 1.54) is 25.3 Å². The first-order valence-corrected chi connectivity index (χ1v) is 7.90. The highest BCUT2D eigenvalue weighted by atomic mass is 32.2. The Morgan fingerprint density at radius 1 is 1.14 bits per heavy atom. The van der Waals surface area contributed by atoms with Gasteiger partial charge in [0.05, 0.1) is 12.0 Å². The lowest BCUT2D eigenvalue weighted by Gasteiger charge is -2.11. The van der Waals surface area contributed by atoms with Crippen molar-refractivity contribution in [2.45, 2.75) is 18.4 Å². The van der Waals surface area contributed by atoms with Crippen LogP contribution in [0.4, 0.5) is 8.78 Å². The van der Waals surface area contributed by atoms with E-state index in [1.54, 1.807) is 13.0 Å². The molecule has 0 aliphatic rings. The van der Waals surface area contributed by atoms with Crippen LogP contribution in [0.1, 0.15) is 11.1 Å². The first-order chi connectivity index (χ1) is 10.3. The lowest BCUT2D eigenvalue weighted by molar-refractivity contribution is 0.414. The fraction of sp³-hybridized carbons (Fsp3) is 0.200. The van der Waals surface area contributed by atoms with Crippen LogP contribution in [-0.4, -0.2) is 15.5 Å². The molecule has 0 bridgehead atoms. The first-order valence-electron chi connectivity index (χ1n) is 6.42. The van der Waals surface area contributed by atoms with Gasteiger partial charge in [-0.05, 0) is 36.8 Å². The number of halogens is 2. The van der Waals surface area contributed by atoms with Gasteiger partial charge in [-0.25, -0.2) is 21.9 Å². The van der Waals surface area contributed by atoms with Crippen LogP contribution in [0.3, 0.4) is 0 Å². The van der Waals surface area contributed by atoms with Gasteiger partial charge in [0.1, 0.15) is 17.4 Å². The smallest absolute Gasteiger partial charge is 0.241 e. The summed E-state index contributed by atoms with van der Waals surface area (Å²) in [5.74, 6) is -0.967. The minimum Gasteiger partial charge on any atom is -0.497 e. The first kappa shape index (κ1) is 16.4. The van der Waals surface area contributed by atoms with Gasteiger partial charge in [0, 0.05) is 18.2 Å². The molecule has 1 N–H and O–H groups in total. The number of hydrogen-bond acceptors (Lipinski definition) is 3. The fourth-order valence-electron chi connectivity index (χ4n) is 1.97. The van der Waals surface area contributed by atoms with Gasteiger partial charge in [0.15, 0.2) is 0 Å². The Morgan fingerprint density at radius 2 is 1.86 bits per heavy atom. The highest BCUT2D eigenvalue weighted by Crippen LogP contribution is 2.21. The normalized spacial score (nSPS) is 11.5. The Morgan fingerprint density at radius 3 is 2.45 bits per heavy atom. The summed E-state index contributed by atoms with van der Waals surface area (Å²) in [7, 11) is -2.32. The summed E-state index contributed by atoms with van der Waals surface area (Å²) in [5, 5.41) is 0. The highest BCUT2D eigenvalue weighted by molar-refractivity contribution is 7.89. The molecule has 0 saturated carbocycles. The maximum absolute atomic E-state index is 13.5. The van der Waals surface area contributed by atoms with Crippen LogP contribution in [0.15, 0.2) is 41.3 Å². The second kappa shape index (κ2) is 6.41.